The molecule has 1 atom stereocenters. The van der Waals surface area contributed by atoms with E-state index in [-0.39, 0.29) is 17.7 Å². The Bertz CT molecular complexity index is 651. The molecule has 25 heavy (non-hydrogen) atoms. The Morgan fingerprint density at radius 2 is 1.56 bits per heavy atom. The molecule has 0 aromatic heterocycles. The van der Waals surface area contributed by atoms with Crippen LogP contribution in [0.15, 0.2) is 0 Å². The third-order valence-electron chi connectivity index (χ3n) is 5.90. The molecule has 1 unspecified atom stereocenters. The van der Waals surface area contributed by atoms with E-state index in [9.17, 15) is 16.8 Å². The molecule has 3 fully saturated rings. The van der Waals surface area contributed by atoms with Gasteiger partial charge in [0.05, 0.1) is 12.0 Å². The van der Waals surface area contributed by atoms with Crippen LogP contribution in [0, 0.1) is 5.92 Å². The summed E-state index contributed by atoms with van der Waals surface area (Å²) in [7, 11) is -6.47. The third kappa shape index (κ3) is 5.38. The van der Waals surface area contributed by atoms with Crippen LogP contribution < -0.4 is 4.72 Å². The number of piperidine rings is 1. The summed E-state index contributed by atoms with van der Waals surface area (Å²) < 4.78 is 52.4. The first kappa shape index (κ1) is 19.5. The van der Waals surface area contributed by atoms with Crippen molar-refractivity contribution in [2.75, 3.05) is 38.2 Å². The first-order chi connectivity index (χ1) is 11.7. The number of sulfonamides is 2. The summed E-state index contributed by atoms with van der Waals surface area (Å²) in [5.74, 6) is 0.160. The smallest absolute Gasteiger partial charge is 0.212 e. The lowest BCUT2D eigenvalue weighted by molar-refractivity contribution is 0.242. The van der Waals surface area contributed by atoms with Gasteiger partial charge in [0, 0.05) is 38.3 Å². The van der Waals surface area contributed by atoms with Crippen LogP contribution in [-0.4, -0.2) is 76.3 Å². The van der Waals surface area contributed by atoms with Crippen molar-refractivity contribution in [3.8, 4) is 0 Å². The van der Waals surface area contributed by atoms with Crippen molar-refractivity contribution in [2.45, 2.75) is 57.0 Å². The second-order valence-electron chi connectivity index (χ2n) is 7.92. The van der Waals surface area contributed by atoms with Gasteiger partial charge in [-0.1, -0.05) is 12.8 Å². The van der Waals surface area contributed by atoms with Crippen molar-refractivity contribution in [1.82, 2.24) is 13.9 Å². The maximum Gasteiger partial charge on any atom is 0.212 e. The molecular formula is C16H31N3O4S2. The summed E-state index contributed by atoms with van der Waals surface area (Å²) in [5.41, 5.74) is 0. The average Bonchev–Trinajstić information content (AvgIpc) is 3.16. The summed E-state index contributed by atoms with van der Waals surface area (Å²) in [6, 6.07) is 0.677. The normalized spacial score (nSPS) is 28.8. The largest absolute Gasteiger partial charge is 0.299 e. The highest BCUT2D eigenvalue weighted by atomic mass is 32.2. The minimum atomic E-state index is -3.31. The summed E-state index contributed by atoms with van der Waals surface area (Å²) >= 11 is 0. The zero-order chi connectivity index (χ0) is 18.1. The molecule has 0 amide bonds. The lowest BCUT2D eigenvalue weighted by atomic mass is 10.0. The molecule has 9 heteroatoms. The average molecular weight is 394 g/mol. The van der Waals surface area contributed by atoms with Gasteiger partial charge in [-0.05, 0) is 38.0 Å². The number of likely N-dealkylation sites (tertiary alicyclic amines) is 1. The highest BCUT2D eigenvalue weighted by molar-refractivity contribution is 7.89. The molecule has 2 saturated heterocycles. The monoisotopic (exact) mass is 393 g/mol. The lowest BCUT2D eigenvalue weighted by Gasteiger charge is -2.30. The number of nitrogens with zero attached hydrogens (tertiary/aromatic N) is 2. The lowest BCUT2D eigenvalue weighted by Crippen LogP contribution is -2.43. The van der Waals surface area contributed by atoms with Gasteiger partial charge in [0.15, 0.2) is 0 Å². The Hall–Kier alpha value is -0.220. The van der Waals surface area contributed by atoms with Gasteiger partial charge in [0.1, 0.15) is 0 Å². The van der Waals surface area contributed by atoms with Gasteiger partial charge in [-0.15, -0.1) is 0 Å². The van der Waals surface area contributed by atoms with Crippen LogP contribution in [0.4, 0.5) is 0 Å². The van der Waals surface area contributed by atoms with Crippen LogP contribution in [-0.2, 0) is 20.0 Å². The van der Waals surface area contributed by atoms with E-state index >= 15 is 0 Å². The number of hydrogen-bond donors (Lipinski definition) is 1. The SMILES string of the molecule is CS(=O)(=O)N1CCC(CS(=O)(=O)NC2CCN(C3CCCC3)C2)CC1. The van der Waals surface area contributed by atoms with Gasteiger partial charge in [0.2, 0.25) is 20.0 Å². The van der Waals surface area contributed by atoms with Crippen molar-refractivity contribution < 1.29 is 16.8 Å². The molecule has 2 heterocycles. The second kappa shape index (κ2) is 7.80. The number of nitrogens with one attached hydrogen (secondary N) is 1. The van der Waals surface area contributed by atoms with Crippen molar-refractivity contribution >= 4 is 20.0 Å². The van der Waals surface area contributed by atoms with E-state index < -0.39 is 20.0 Å². The standard InChI is InChI=1S/C16H31N3O4S2/c1-24(20,21)19-10-6-14(7-11-19)13-25(22,23)17-15-8-9-18(12-15)16-4-2-3-5-16/h14-17H,2-13H2,1H3. The molecular weight excluding hydrogens is 362 g/mol. The molecule has 3 rings (SSSR count). The molecule has 0 bridgehead atoms. The van der Waals surface area contributed by atoms with Crippen LogP contribution in [0.2, 0.25) is 0 Å². The van der Waals surface area contributed by atoms with Crippen molar-refractivity contribution in [3.05, 3.63) is 0 Å². The van der Waals surface area contributed by atoms with E-state index in [0.29, 0.717) is 32.0 Å². The van der Waals surface area contributed by atoms with E-state index in [2.05, 4.69) is 9.62 Å². The molecule has 0 radical (unpaired) electrons. The second-order valence-corrected chi connectivity index (χ2v) is 11.7. The Balaban J connectivity index is 1.45. The molecule has 2 aliphatic heterocycles. The van der Waals surface area contributed by atoms with Gasteiger partial charge in [-0.25, -0.2) is 25.9 Å². The fraction of sp³-hybridized carbons (Fsp3) is 1.00. The summed E-state index contributed by atoms with van der Waals surface area (Å²) in [6.45, 7) is 2.68. The fourth-order valence-corrected chi connectivity index (χ4v) is 7.13. The Morgan fingerprint density at radius 3 is 2.16 bits per heavy atom. The molecule has 7 nitrogen and oxygen atoms in total. The minimum Gasteiger partial charge on any atom is -0.299 e. The van der Waals surface area contributed by atoms with E-state index in [1.807, 2.05) is 0 Å². The summed E-state index contributed by atoms with van der Waals surface area (Å²) in [6.07, 6.45) is 8.42. The number of hydrogen-bond acceptors (Lipinski definition) is 5. The van der Waals surface area contributed by atoms with Crippen LogP contribution in [0.1, 0.15) is 44.9 Å². The molecule has 1 saturated carbocycles. The molecule has 1 N–H and O–H groups in total. The summed E-state index contributed by atoms with van der Waals surface area (Å²) in [5, 5.41) is 0. The molecule has 0 aromatic carbocycles. The first-order valence-electron chi connectivity index (χ1n) is 9.42. The highest BCUT2D eigenvalue weighted by Crippen LogP contribution is 2.27. The molecule has 146 valence electrons. The zero-order valence-corrected chi connectivity index (χ0v) is 16.7. The van der Waals surface area contributed by atoms with Gasteiger partial charge in [-0.3, -0.25) is 4.90 Å². The fourth-order valence-electron chi connectivity index (χ4n) is 4.50. The topological polar surface area (TPSA) is 86.8 Å². The third-order valence-corrected chi connectivity index (χ3v) is 8.81. The van der Waals surface area contributed by atoms with Gasteiger partial charge >= 0.3 is 0 Å². The van der Waals surface area contributed by atoms with E-state index in [0.717, 1.165) is 19.5 Å². The summed E-state index contributed by atoms with van der Waals surface area (Å²) in [4.78, 5) is 2.45. The minimum absolute atomic E-state index is 0.0294. The van der Waals surface area contributed by atoms with Crippen LogP contribution >= 0.6 is 0 Å². The highest BCUT2D eigenvalue weighted by Gasteiger charge is 2.33. The van der Waals surface area contributed by atoms with Crippen LogP contribution in [0.5, 0.6) is 0 Å². The molecule has 3 aliphatic rings. The Labute approximate surface area is 152 Å². The zero-order valence-electron chi connectivity index (χ0n) is 15.1. The molecule has 0 spiro atoms. The van der Waals surface area contributed by atoms with Crippen LogP contribution in [0.3, 0.4) is 0 Å². The van der Waals surface area contributed by atoms with Crippen molar-refractivity contribution in [1.29, 1.82) is 0 Å². The van der Waals surface area contributed by atoms with E-state index in [1.54, 1.807) is 0 Å². The predicted molar refractivity (Wildman–Crippen MR) is 98.3 cm³/mol. The van der Waals surface area contributed by atoms with E-state index in [1.165, 1.54) is 36.2 Å². The van der Waals surface area contributed by atoms with Crippen LogP contribution in [0.25, 0.3) is 0 Å². The predicted octanol–water partition coefficient (Wildman–Crippen LogP) is 0.594. The Morgan fingerprint density at radius 1 is 0.920 bits per heavy atom. The maximum absolute atomic E-state index is 12.5. The van der Waals surface area contributed by atoms with Gasteiger partial charge in [-0.2, -0.15) is 0 Å². The molecule has 1 aliphatic carbocycles. The van der Waals surface area contributed by atoms with Gasteiger partial charge in [0.25, 0.3) is 0 Å². The van der Waals surface area contributed by atoms with E-state index in [4.69, 9.17) is 0 Å². The maximum atomic E-state index is 12.5. The first-order valence-corrected chi connectivity index (χ1v) is 12.9. The van der Waals surface area contributed by atoms with Crippen molar-refractivity contribution in [3.63, 3.8) is 0 Å². The van der Waals surface area contributed by atoms with Gasteiger partial charge < -0.3 is 0 Å². The Kier molecular flexibility index (Phi) is 6.09. The number of rotatable bonds is 6. The molecule has 0 aromatic rings. The van der Waals surface area contributed by atoms with Crippen molar-refractivity contribution in [2.24, 2.45) is 5.92 Å². The quantitative estimate of drug-likeness (QED) is 0.714.